The molecule has 0 bridgehead atoms. The zero-order chi connectivity index (χ0) is 17.2. The summed E-state index contributed by atoms with van der Waals surface area (Å²) >= 11 is 0. The van der Waals surface area contributed by atoms with E-state index < -0.39 is 35.9 Å². The van der Waals surface area contributed by atoms with Crippen LogP contribution in [0.15, 0.2) is 18.2 Å². The summed E-state index contributed by atoms with van der Waals surface area (Å²) in [6, 6.07) is 2.85. The maximum atomic E-state index is 13.6. The first-order chi connectivity index (χ1) is 10.7. The summed E-state index contributed by atoms with van der Waals surface area (Å²) in [5, 5.41) is 19.3. The first-order valence-electron chi connectivity index (χ1n) is 7.28. The van der Waals surface area contributed by atoms with Gasteiger partial charge in [-0.1, -0.05) is 6.07 Å². The summed E-state index contributed by atoms with van der Waals surface area (Å²) in [7, 11) is 0. The first kappa shape index (κ1) is 18.1. The zero-order valence-corrected chi connectivity index (χ0v) is 12.2. The van der Waals surface area contributed by atoms with E-state index in [2.05, 4.69) is 0 Å². The van der Waals surface area contributed by atoms with E-state index in [1.165, 1.54) is 0 Å². The molecule has 0 aliphatic carbocycles. The molecule has 0 saturated carbocycles. The minimum Gasteiger partial charge on any atom is -0.387 e. The number of hydrogen-bond acceptors (Lipinski definition) is 3. The highest BCUT2D eigenvalue weighted by atomic mass is 19.4. The third-order valence-corrected chi connectivity index (χ3v) is 4.17. The topological polar surface area (TPSA) is 43.7 Å². The molecule has 2 unspecified atom stereocenters. The second kappa shape index (κ2) is 7.11. The van der Waals surface area contributed by atoms with Crippen LogP contribution >= 0.6 is 0 Å². The van der Waals surface area contributed by atoms with Crippen LogP contribution in [0.3, 0.4) is 0 Å². The zero-order valence-electron chi connectivity index (χ0n) is 12.2. The molecular weight excluding hydrogens is 321 g/mol. The molecule has 2 atom stereocenters. The summed E-state index contributed by atoms with van der Waals surface area (Å²) in [6.07, 6.45) is -7.90. The van der Waals surface area contributed by atoms with E-state index in [0.717, 1.165) is 12.1 Å². The van der Waals surface area contributed by atoms with Crippen molar-refractivity contribution in [1.82, 2.24) is 4.90 Å². The van der Waals surface area contributed by atoms with Gasteiger partial charge in [0.15, 0.2) is 6.10 Å². The number of hydrogen-bond donors (Lipinski definition) is 2. The summed E-state index contributed by atoms with van der Waals surface area (Å²) in [6.45, 7) is 0.562. The Morgan fingerprint density at radius 1 is 1.13 bits per heavy atom. The lowest BCUT2D eigenvalue weighted by molar-refractivity contribution is -0.223. The highest BCUT2D eigenvalue weighted by Gasteiger charge is 2.44. The number of β-amino-alcohol motifs (C(OH)–C–C–N with tert-alkyl or cyclic N) is 1. The first-order valence-corrected chi connectivity index (χ1v) is 7.28. The van der Waals surface area contributed by atoms with Crippen LogP contribution in [0, 0.1) is 17.6 Å². The fraction of sp³-hybridized carbons (Fsp3) is 0.600. The molecule has 1 aromatic rings. The molecular formula is C15H18F5NO2. The van der Waals surface area contributed by atoms with Crippen molar-refractivity contribution in [3.8, 4) is 0 Å². The van der Waals surface area contributed by atoms with Gasteiger partial charge in [-0.25, -0.2) is 8.78 Å². The van der Waals surface area contributed by atoms with Crippen LogP contribution in [0.25, 0.3) is 0 Å². The average molecular weight is 339 g/mol. The highest BCUT2D eigenvalue weighted by molar-refractivity contribution is 5.21. The van der Waals surface area contributed by atoms with Crippen LogP contribution in [0.1, 0.15) is 24.5 Å². The number of piperidine rings is 1. The van der Waals surface area contributed by atoms with Crippen LogP contribution in [-0.2, 0) is 0 Å². The van der Waals surface area contributed by atoms with Gasteiger partial charge >= 0.3 is 6.18 Å². The predicted octanol–water partition coefficient (Wildman–Crippen LogP) is 2.63. The highest BCUT2D eigenvalue weighted by Crippen LogP contribution is 2.32. The maximum absolute atomic E-state index is 13.6. The number of benzene rings is 1. The lowest BCUT2D eigenvalue weighted by Crippen LogP contribution is -2.44. The monoisotopic (exact) mass is 339 g/mol. The van der Waals surface area contributed by atoms with Gasteiger partial charge in [-0.05, 0) is 37.9 Å². The van der Waals surface area contributed by atoms with E-state index in [1.54, 1.807) is 4.90 Å². The Hall–Kier alpha value is -1.25. The normalized spacial score (nSPS) is 20.5. The van der Waals surface area contributed by atoms with Crippen molar-refractivity contribution >= 4 is 0 Å². The third-order valence-electron chi connectivity index (χ3n) is 4.17. The van der Waals surface area contributed by atoms with E-state index in [9.17, 15) is 32.2 Å². The van der Waals surface area contributed by atoms with Crippen molar-refractivity contribution in [2.75, 3.05) is 19.6 Å². The molecule has 3 nitrogen and oxygen atoms in total. The van der Waals surface area contributed by atoms with Gasteiger partial charge in [-0.3, -0.25) is 0 Å². The van der Waals surface area contributed by atoms with Gasteiger partial charge in [-0.15, -0.1) is 0 Å². The molecule has 1 aromatic carbocycles. The van der Waals surface area contributed by atoms with E-state index in [0.29, 0.717) is 6.07 Å². The van der Waals surface area contributed by atoms with E-state index >= 15 is 0 Å². The van der Waals surface area contributed by atoms with Crippen LogP contribution in [0.5, 0.6) is 0 Å². The van der Waals surface area contributed by atoms with Crippen molar-refractivity contribution in [3.05, 3.63) is 35.4 Å². The Labute approximate surface area is 130 Å². The fourth-order valence-electron chi connectivity index (χ4n) is 2.83. The molecule has 23 heavy (non-hydrogen) atoms. The Bertz CT molecular complexity index is 529. The molecule has 1 heterocycles. The molecule has 1 fully saturated rings. The summed E-state index contributed by atoms with van der Waals surface area (Å²) < 4.78 is 63.8. The molecule has 1 aliphatic heterocycles. The minimum absolute atomic E-state index is 0.0391. The Morgan fingerprint density at radius 2 is 1.74 bits per heavy atom. The smallest absolute Gasteiger partial charge is 0.387 e. The second-order valence-electron chi connectivity index (χ2n) is 5.81. The molecule has 1 saturated heterocycles. The molecule has 0 aromatic heterocycles. The maximum Gasteiger partial charge on any atom is 0.414 e. The quantitative estimate of drug-likeness (QED) is 0.829. The second-order valence-corrected chi connectivity index (χ2v) is 5.81. The minimum atomic E-state index is -4.64. The van der Waals surface area contributed by atoms with Gasteiger partial charge in [0.2, 0.25) is 0 Å². The lowest BCUT2D eigenvalue weighted by atomic mass is 9.90. The van der Waals surface area contributed by atoms with Crippen molar-refractivity contribution in [2.45, 2.75) is 31.2 Å². The number of rotatable bonds is 4. The van der Waals surface area contributed by atoms with Crippen LogP contribution in [0.2, 0.25) is 0 Å². The molecule has 0 radical (unpaired) electrons. The summed E-state index contributed by atoms with van der Waals surface area (Å²) in [5.74, 6) is -2.48. The number of halogens is 5. The number of alkyl halides is 3. The molecule has 2 rings (SSSR count). The number of aliphatic hydroxyl groups is 2. The van der Waals surface area contributed by atoms with Gasteiger partial charge in [0.05, 0.1) is 6.10 Å². The predicted molar refractivity (Wildman–Crippen MR) is 72.5 cm³/mol. The van der Waals surface area contributed by atoms with Gasteiger partial charge in [0, 0.05) is 18.2 Å². The van der Waals surface area contributed by atoms with Crippen molar-refractivity contribution in [2.24, 2.45) is 5.92 Å². The Morgan fingerprint density at radius 3 is 2.26 bits per heavy atom. The van der Waals surface area contributed by atoms with E-state index in [-0.39, 0.29) is 38.0 Å². The number of aliphatic hydroxyl groups excluding tert-OH is 2. The van der Waals surface area contributed by atoms with Crippen molar-refractivity contribution < 1.29 is 32.2 Å². The van der Waals surface area contributed by atoms with Gasteiger partial charge in [0.1, 0.15) is 11.6 Å². The molecule has 2 N–H and O–H groups in total. The average Bonchev–Trinajstić information content (AvgIpc) is 2.46. The van der Waals surface area contributed by atoms with Gasteiger partial charge < -0.3 is 15.1 Å². The van der Waals surface area contributed by atoms with E-state index in [4.69, 9.17) is 0 Å². The molecule has 0 spiro atoms. The van der Waals surface area contributed by atoms with Crippen LogP contribution < -0.4 is 0 Å². The molecule has 130 valence electrons. The van der Waals surface area contributed by atoms with Gasteiger partial charge in [-0.2, -0.15) is 13.2 Å². The standard InChI is InChI=1S/C15H18F5NO2/c16-10-1-2-11(12(17)7-10)13(22)8-21-5-3-9(4-6-21)14(23)15(18,19)20/h1-2,7,9,13-14,22-23H,3-6,8H2. The number of likely N-dealkylation sites (tertiary alicyclic amines) is 1. The SMILES string of the molecule is OC(CN1CCC(C(O)C(F)(F)F)CC1)c1ccc(F)cc1F. The fourth-order valence-corrected chi connectivity index (χ4v) is 2.83. The Balaban J connectivity index is 1.89. The molecule has 1 aliphatic rings. The lowest BCUT2D eigenvalue weighted by Gasteiger charge is -2.35. The van der Waals surface area contributed by atoms with Crippen molar-refractivity contribution in [1.29, 1.82) is 0 Å². The van der Waals surface area contributed by atoms with Gasteiger partial charge in [0.25, 0.3) is 0 Å². The molecule has 8 heteroatoms. The van der Waals surface area contributed by atoms with Crippen LogP contribution in [-0.4, -0.2) is 47.0 Å². The summed E-state index contributed by atoms with van der Waals surface area (Å²) in [5.41, 5.74) is -0.0520. The Kier molecular flexibility index (Phi) is 5.59. The van der Waals surface area contributed by atoms with Crippen molar-refractivity contribution in [3.63, 3.8) is 0 Å². The third kappa shape index (κ3) is 4.62. The largest absolute Gasteiger partial charge is 0.414 e. The summed E-state index contributed by atoms with van der Waals surface area (Å²) in [4.78, 5) is 1.70. The van der Waals surface area contributed by atoms with E-state index in [1.807, 2.05) is 0 Å². The number of nitrogens with zero attached hydrogens (tertiary/aromatic N) is 1. The molecule has 0 amide bonds. The van der Waals surface area contributed by atoms with Crippen LogP contribution in [0.4, 0.5) is 22.0 Å².